The van der Waals surface area contributed by atoms with Crippen molar-refractivity contribution in [1.82, 2.24) is 4.90 Å². The van der Waals surface area contributed by atoms with Gasteiger partial charge in [-0.25, -0.2) is 0 Å². The van der Waals surface area contributed by atoms with Gasteiger partial charge in [-0.1, -0.05) is 11.6 Å². The summed E-state index contributed by atoms with van der Waals surface area (Å²) in [7, 11) is 1.70. The fourth-order valence-corrected chi connectivity index (χ4v) is 1.82. The summed E-state index contributed by atoms with van der Waals surface area (Å²) in [5.41, 5.74) is 0.566. The molecule has 1 rings (SSSR count). The first-order valence-corrected chi connectivity index (χ1v) is 6.62. The quantitative estimate of drug-likeness (QED) is 0.810. The van der Waals surface area contributed by atoms with Gasteiger partial charge in [-0.15, -0.1) is 0 Å². The number of benzene rings is 1. The lowest BCUT2D eigenvalue weighted by Crippen LogP contribution is -2.30. The number of carbonyl (C=O) groups is 1. The first kappa shape index (κ1) is 15.4. The van der Waals surface area contributed by atoms with E-state index in [-0.39, 0.29) is 19.1 Å². The molecule has 0 aromatic heterocycles. The van der Waals surface area contributed by atoms with Crippen LogP contribution in [0.15, 0.2) is 22.7 Å². The minimum absolute atomic E-state index is 0.0121. The summed E-state index contributed by atoms with van der Waals surface area (Å²) in [4.78, 5) is 13.6. The Kier molecular flexibility index (Phi) is 6.63. The minimum atomic E-state index is -0.0973. The topological polar surface area (TPSA) is 49.8 Å². The van der Waals surface area contributed by atoms with Gasteiger partial charge in [0.15, 0.2) is 0 Å². The van der Waals surface area contributed by atoms with Crippen LogP contribution in [0, 0.1) is 0 Å². The monoisotopic (exact) mass is 335 g/mol. The lowest BCUT2D eigenvalue weighted by Gasteiger charge is -2.17. The highest BCUT2D eigenvalue weighted by molar-refractivity contribution is 9.10. The van der Waals surface area contributed by atoms with Gasteiger partial charge >= 0.3 is 0 Å². The molecular weight excluding hydrogens is 321 g/mol. The molecule has 18 heavy (non-hydrogen) atoms. The van der Waals surface area contributed by atoms with E-state index in [0.29, 0.717) is 28.2 Å². The van der Waals surface area contributed by atoms with Crippen LogP contribution in [0.2, 0.25) is 5.02 Å². The summed E-state index contributed by atoms with van der Waals surface area (Å²) in [5, 5.41) is 9.12. The van der Waals surface area contributed by atoms with Crippen LogP contribution in [0.1, 0.15) is 10.4 Å². The summed E-state index contributed by atoms with van der Waals surface area (Å²) in [6, 6.07) is 5.05. The van der Waals surface area contributed by atoms with Crippen molar-refractivity contribution in [3.05, 3.63) is 33.3 Å². The van der Waals surface area contributed by atoms with Crippen LogP contribution in [-0.2, 0) is 4.74 Å². The summed E-state index contributed by atoms with van der Waals surface area (Å²) >= 11 is 9.15. The molecule has 0 saturated heterocycles. The summed E-state index contributed by atoms with van der Waals surface area (Å²) in [5.74, 6) is -0.0973. The highest BCUT2D eigenvalue weighted by Crippen LogP contribution is 2.23. The lowest BCUT2D eigenvalue weighted by atomic mass is 10.2. The molecule has 4 nitrogen and oxygen atoms in total. The van der Waals surface area contributed by atoms with Crippen LogP contribution < -0.4 is 0 Å². The van der Waals surface area contributed by atoms with E-state index in [1.54, 1.807) is 30.1 Å². The number of carbonyl (C=O) groups excluding carboxylic acids is 1. The molecule has 1 aromatic rings. The van der Waals surface area contributed by atoms with Gasteiger partial charge in [0.25, 0.3) is 5.91 Å². The third kappa shape index (κ3) is 4.57. The number of amides is 1. The van der Waals surface area contributed by atoms with Crippen LogP contribution in [0.25, 0.3) is 0 Å². The smallest absolute Gasteiger partial charge is 0.253 e. The van der Waals surface area contributed by atoms with Gasteiger partial charge in [-0.3, -0.25) is 4.79 Å². The van der Waals surface area contributed by atoms with Gasteiger partial charge in [0.1, 0.15) is 0 Å². The molecule has 0 aliphatic carbocycles. The Morgan fingerprint density at radius 3 is 2.83 bits per heavy atom. The fourth-order valence-electron chi connectivity index (χ4n) is 1.32. The van der Waals surface area contributed by atoms with E-state index in [4.69, 9.17) is 21.4 Å². The molecule has 6 heteroatoms. The van der Waals surface area contributed by atoms with Gasteiger partial charge in [-0.05, 0) is 34.1 Å². The van der Waals surface area contributed by atoms with E-state index in [9.17, 15) is 4.79 Å². The Hall–Kier alpha value is -0.620. The van der Waals surface area contributed by atoms with Crippen molar-refractivity contribution >= 4 is 33.4 Å². The zero-order valence-corrected chi connectivity index (χ0v) is 12.4. The second-order valence-corrected chi connectivity index (χ2v) is 4.95. The number of hydrogen-bond donors (Lipinski definition) is 1. The zero-order chi connectivity index (χ0) is 13.5. The van der Waals surface area contributed by atoms with Gasteiger partial charge in [0, 0.05) is 23.6 Å². The highest BCUT2D eigenvalue weighted by atomic mass is 79.9. The SMILES string of the molecule is CN(CCOCCO)C(=O)c1ccc(Cl)c(Br)c1. The number of halogens is 2. The molecule has 100 valence electrons. The van der Waals surface area contributed by atoms with E-state index < -0.39 is 0 Å². The summed E-state index contributed by atoms with van der Waals surface area (Å²) in [6.45, 7) is 1.15. The molecule has 0 saturated carbocycles. The molecule has 0 unspecified atom stereocenters. The number of aliphatic hydroxyl groups is 1. The standard InChI is InChI=1S/C12H15BrClNO3/c1-15(4-6-18-7-5-16)12(17)9-2-3-11(14)10(13)8-9/h2-3,8,16H,4-7H2,1H3. The van der Waals surface area contributed by atoms with Crippen LogP contribution in [0.3, 0.4) is 0 Å². The Balaban J connectivity index is 2.54. The van der Waals surface area contributed by atoms with E-state index in [2.05, 4.69) is 15.9 Å². The summed E-state index contributed by atoms with van der Waals surface area (Å²) < 4.78 is 5.80. The number of likely N-dealkylation sites (N-methyl/N-ethyl adjacent to an activating group) is 1. The lowest BCUT2D eigenvalue weighted by molar-refractivity contribution is 0.0618. The Bertz CT molecular complexity index is 414. The second kappa shape index (κ2) is 7.74. The molecule has 0 atom stereocenters. The zero-order valence-electron chi connectivity index (χ0n) is 10.0. The third-order valence-corrected chi connectivity index (χ3v) is 3.53. The van der Waals surface area contributed by atoms with Crippen molar-refractivity contribution < 1.29 is 14.6 Å². The molecule has 0 heterocycles. The largest absolute Gasteiger partial charge is 0.394 e. The molecule has 1 amide bonds. The highest BCUT2D eigenvalue weighted by Gasteiger charge is 2.12. The molecule has 0 aliphatic heterocycles. The van der Waals surface area contributed by atoms with Crippen LogP contribution in [-0.4, -0.2) is 49.3 Å². The molecule has 0 bridgehead atoms. The molecular formula is C12H15BrClNO3. The first-order chi connectivity index (χ1) is 8.56. The van der Waals surface area contributed by atoms with Crippen LogP contribution >= 0.6 is 27.5 Å². The van der Waals surface area contributed by atoms with Gasteiger partial charge in [0.05, 0.1) is 24.8 Å². The molecule has 0 spiro atoms. The van der Waals surface area contributed by atoms with Gasteiger partial charge in [-0.2, -0.15) is 0 Å². The maximum atomic E-state index is 12.0. The average molecular weight is 337 g/mol. The number of rotatable bonds is 6. The normalized spacial score (nSPS) is 10.4. The molecule has 1 N–H and O–H groups in total. The van der Waals surface area contributed by atoms with E-state index in [0.717, 1.165) is 0 Å². The number of hydrogen-bond acceptors (Lipinski definition) is 3. The minimum Gasteiger partial charge on any atom is -0.394 e. The average Bonchev–Trinajstić information content (AvgIpc) is 2.37. The fraction of sp³-hybridized carbons (Fsp3) is 0.417. The van der Waals surface area contributed by atoms with Crippen molar-refractivity contribution in [1.29, 1.82) is 0 Å². The van der Waals surface area contributed by atoms with Crippen LogP contribution in [0.5, 0.6) is 0 Å². The van der Waals surface area contributed by atoms with Crippen LogP contribution in [0.4, 0.5) is 0 Å². The summed E-state index contributed by atoms with van der Waals surface area (Å²) in [6.07, 6.45) is 0. The Morgan fingerprint density at radius 2 is 2.22 bits per heavy atom. The van der Waals surface area contributed by atoms with E-state index in [1.807, 2.05) is 0 Å². The molecule has 0 fully saturated rings. The number of nitrogens with zero attached hydrogens (tertiary/aromatic N) is 1. The van der Waals surface area contributed by atoms with Crippen molar-refractivity contribution in [3.8, 4) is 0 Å². The maximum Gasteiger partial charge on any atom is 0.253 e. The molecule has 0 radical (unpaired) electrons. The van der Waals surface area contributed by atoms with E-state index >= 15 is 0 Å². The number of aliphatic hydroxyl groups excluding tert-OH is 1. The first-order valence-electron chi connectivity index (χ1n) is 5.45. The van der Waals surface area contributed by atoms with Gasteiger partial charge in [0.2, 0.25) is 0 Å². The third-order valence-electron chi connectivity index (χ3n) is 2.32. The van der Waals surface area contributed by atoms with E-state index in [1.165, 1.54) is 0 Å². The maximum absolute atomic E-state index is 12.0. The van der Waals surface area contributed by atoms with Crippen molar-refractivity contribution in [2.24, 2.45) is 0 Å². The van der Waals surface area contributed by atoms with Crippen molar-refractivity contribution in [2.45, 2.75) is 0 Å². The Morgan fingerprint density at radius 1 is 1.50 bits per heavy atom. The predicted molar refractivity (Wildman–Crippen MR) is 74.0 cm³/mol. The van der Waals surface area contributed by atoms with Crippen molar-refractivity contribution in [2.75, 3.05) is 33.4 Å². The predicted octanol–water partition coefficient (Wildman–Crippen LogP) is 2.18. The van der Waals surface area contributed by atoms with Gasteiger partial charge < -0.3 is 14.7 Å². The second-order valence-electron chi connectivity index (χ2n) is 3.69. The number of ether oxygens (including phenoxy) is 1. The molecule has 1 aromatic carbocycles. The molecule has 0 aliphatic rings. The Labute approximate surface area is 120 Å². The van der Waals surface area contributed by atoms with Crippen molar-refractivity contribution in [3.63, 3.8) is 0 Å².